The summed E-state index contributed by atoms with van der Waals surface area (Å²) in [5.74, 6) is -1.13. The third kappa shape index (κ3) is 4.93. The Bertz CT molecular complexity index is 779. The van der Waals surface area contributed by atoms with Crippen LogP contribution in [0.15, 0.2) is 48.5 Å². The number of nitro groups is 1. The van der Waals surface area contributed by atoms with E-state index < -0.39 is 16.7 Å². The molecule has 130 valence electrons. The minimum Gasteiger partial charge on any atom is -0.387 e. The first-order valence-corrected chi connectivity index (χ1v) is 7.35. The third-order valence-corrected chi connectivity index (χ3v) is 3.27. The predicted octanol–water partition coefficient (Wildman–Crippen LogP) is 1.51. The van der Waals surface area contributed by atoms with Crippen molar-refractivity contribution in [3.8, 4) is 0 Å². The number of hydrogen-bond donors (Lipinski definition) is 4. The van der Waals surface area contributed by atoms with Crippen LogP contribution in [0, 0.1) is 10.1 Å². The first kappa shape index (κ1) is 17.7. The molecule has 2 aromatic rings. The standard InChI is InChI=1S/C16H17N5O4/c1-17-14-8-7-12(21(24)25)9-13(14)16(23)20-19-15(22)10-18-11-5-3-2-4-6-11/h2-9,17-18H,10H2,1H3,(H,19,22)(H,20,23). The second-order valence-electron chi connectivity index (χ2n) is 4.96. The number of nitrogens with one attached hydrogen (secondary N) is 4. The highest BCUT2D eigenvalue weighted by Crippen LogP contribution is 2.21. The van der Waals surface area contributed by atoms with E-state index >= 15 is 0 Å². The smallest absolute Gasteiger partial charge is 0.272 e. The Kier molecular flexibility index (Phi) is 5.88. The summed E-state index contributed by atoms with van der Waals surface area (Å²) in [5.41, 5.74) is 5.48. The van der Waals surface area contributed by atoms with Gasteiger partial charge in [-0.15, -0.1) is 0 Å². The molecule has 0 aliphatic carbocycles. The first-order chi connectivity index (χ1) is 12.0. The number of hydrogen-bond acceptors (Lipinski definition) is 6. The van der Waals surface area contributed by atoms with E-state index in [0.717, 1.165) is 11.8 Å². The maximum Gasteiger partial charge on any atom is 0.272 e. The summed E-state index contributed by atoms with van der Waals surface area (Å²) in [6.45, 7) is -0.0435. The maximum absolute atomic E-state index is 12.2. The fourth-order valence-electron chi connectivity index (χ4n) is 2.03. The lowest BCUT2D eigenvalue weighted by atomic mass is 10.1. The number of benzene rings is 2. The second-order valence-corrected chi connectivity index (χ2v) is 4.96. The average molecular weight is 343 g/mol. The van der Waals surface area contributed by atoms with Crippen LogP contribution in [-0.2, 0) is 4.79 Å². The fourth-order valence-corrected chi connectivity index (χ4v) is 2.03. The molecule has 0 spiro atoms. The monoisotopic (exact) mass is 343 g/mol. The van der Waals surface area contributed by atoms with Crippen LogP contribution in [0.5, 0.6) is 0 Å². The lowest BCUT2D eigenvalue weighted by molar-refractivity contribution is -0.384. The Balaban J connectivity index is 1.94. The Labute approximate surface area is 143 Å². The molecule has 0 unspecified atom stereocenters. The quantitative estimate of drug-likeness (QED) is 0.465. The van der Waals surface area contributed by atoms with E-state index in [1.165, 1.54) is 12.1 Å². The second kappa shape index (κ2) is 8.29. The zero-order valence-electron chi connectivity index (χ0n) is 13.4. The van der Waals surface area contributed by atoms with Gasteiger partial charge in [0.2, 0.25) is 0 Å². The normalized spacial score (nSPS) is 9.80. The van der Waals surface area contributed by atoms with E-state index in [1.807, 2.05) is 18.2 Å². The van der Waals surface area contributed by atoms with Crippen LogP contribution in [0.4, 0.5) is 17.1 Å². The van der Waals surface area contributed by atoms with Gasteiger partial charge in [-0.1, -0.05) is 18.2 Å². The van der Waals surface area contributed by atoms with Crippen molar-refractivity contribution in [2.24, 2.45) is 0 Å². The number of rotatable bonds is 6. The molecule has 0 aliphatic rings. The highest BCUT2D eigenvalue weighted by Gasteiger charge is 2.16. The van der Waals surface area contributed by atoms with Gasteiger partial charge in [-0.05, 0) is 18.2 Å². The molecule has 9 nitrogen and oxygen atoms in total. The Morgan fingerprint density at radius 1 is 1.08 bits per heavy atom. The molecule has 2 rings (SSSR count). The van der Waals surface area contributed by atoms with Crippen LogP contribution < -0.4 is 21.5 Å². The molecular weight excluding hydrogens is 326 g/mol. The van der Waals surface area contributed by atoms with Crippen molar-refractivity contribution >= 4 is 28.9 Å². The van der Waals surface area contributed by atoms with Crippen LogP contribution in [-0.4, -0.2) is 30.3 Å². The SMILES string of the molecule is CNc1ccc([N+](=O)[O-])cc1C(=O)NNC(=O)CNc1ccccc1. The number of carbonyl (C=O) groups is 2. The molecule has 4 N–H and O–H groups in total. The molecule has 0 heterocycles. The summed E-state index contributed by atoms with van der Waals surface area (Å²) in [6, 6.07) is 12.9. The Morgan fingerprint density at radius 3 is 2.44 bits per heavy atom. The number of nitro benzene ring substituents is 1. The van der Waals surface area contributed by atoms with Gasteiger partial charge in [0.25, 0.3) is 17.5 Å². The number of hydrazine groups is 1. The number of amides is 2. The molecule has 0 aliphatic heterocycles. The Hall–Kier alpha value is -3.62. The highest BCUT2D eigenvalue weighted by atomic mass is 16.6. The van der Waals surface area contributed by atoms with Crippen molar-refractivity contribution in [2.75, 3.05) is 24.2 Å². The highest BCUT2D eigenvalue weighted by molar-refractivity contribution is 6.01. The summed E-state index contributed by atoms with van der Waals surface area (Å²) in [7, 11) is 1.58. The molecule has 0 aromatic heterocycles. The molecule has 0 atom stereocenters. The van der Waals surface area contributed by atoms with Gasteiger partial charge in [0, 0.05) is 30.6 Å². The van der Waals surface area contributed by atoms with Gasteiger partial charge in [-0.3, -0.25) is 30.6 Å². The van der Waals surface area contributed by atoms with E-state index in [4.69, 9.17) is 0 Å². The van der Waals surface area contributed by atoms with Crippen molar-refractivity contribution in [1.29, 1.82) is 0 Å². The lowest BCUT2D eigenvalue weighted by Crippen LogP contribution is -2.44. The first-order valence-electron chi connectivity index (χ1n) is 7.35. The molecule has 0 saturated heterocycles. The van der Waals surface area contributed by atoms with E-state index in [-0.39, 0.29) is 17.8 Å². The van der Waals surface area contributed by atoms with Crippen molar-refractivity contribution in [2.45, 2.75) is 0 Å². The molecule has 25 heavy (non-hydrogen) atoms. The molecule has 0 bridgehead atoms. The molecule has 0 fully saturated rings. The van der Waals surface area contributed by atoms with Crippen LogP contribution >= 0.6 is 0 Å². The summed E-state index contributed by atoms with van der Waals surface area (Å²) < 4.78 is 0. The van der Waals surface area contributed by atoms with E-state index in [1.54, 1.807) is 19.2 Å². The predicted molar refractivity (Wildman–Crippen MR) is 93.2 cm³/mol. The Morgan fingerprint density at radius 2 is 1.80 bits per heavy atom. The van der Waals surface area contributed by atoms with Gasteiger partial charge in [0.1, 0.15) is 0 Å². The average Bonchev–Trinajstić information content (AvgIpc) is 2.64. The molecule has 2 aromatic carbocycles. The topological polar surface area (TPSA) is 125 Å². The number of anilines is 2. The summed E-state index contributed by atoms with van der Waals surface area (Å²) in [5, 5.41) is 16.5. The zero-order valence-corrected chi connectivity index (χ0v) is 13.4. The van der Waals surface area contributed by atoms with Gasteiger partial charge in [-0.2, -0.15) is 0 Å². The fraction of sp³-hybridized carbons (Fsp3) is 0.125. The molecule has 0 radical (unpaired) electrons. The summed E-state index contributed by atoms with van der Waals surface area (Å²) in [4.78, 5) is 34.2. The van der Waals surface area contributed by atoms with E-state index in [9.17, 15) is 19.7 Å². The molecular formula is C16H17N5O4. The number of para-hydroxylation sites is 1. The van der Waals surface area contributed by atoms with Crippen molar-refractivity contribution in [1.82, 2.24) is 10.9 Å². The van der Waals surface area contributed by atoms with Crippen LogP contribution in [0.1, 0.15) is 10.4 Å². The number of carbonyl (C=O) groups excluding carboxylic acids is 2. The zero-order chi connectivity index (χ0) is 18.2. The molecule has 2 amide bonds. The largest absolute Gasteiger partial charge is 0.387 e. The van der Waals surface area contributed by atoms with E-state index in [2.05, 4.69) is 21.5 Å². The third-order valence-electron chi connectivity index (χ3n) is 3.27. The van der Waals surface area contributed by atoms with Crippen LogP contribution in [0.3, 0.4) is 0 Å². The summed E-state index contributed by atoms with van der Waals surface area (Å²) in [6.07, 6.45) is 0. The van der Waals surface area contributed by atoms with E-state index in [0.29, 0.717) is 5.69 Å². The molecule has 9 heteroatoms. The number of nitrogens with zero attached hydrogens (tertiary/aromatic N) is 1. The summed E-state index contributed by atoms with van der Waals surface area (Å²) >= 11 is 0. The lowest BCUT2D eigenvalue weighted by Gasteiger charge is -2.11. The minimum absolute atomic E-state index is 0.0435. The van der Waals surface area contributed by atoms with Crippen LogP contribution in [0.2, 0.25) is 0 Å². The van der Waals surface area contributed by atoms with Crippen LogP contribution in [0.25, 0.3) is 0 Å². The van der Waals surface area contributed by atoms with Gasteiger partial charge in [0.15, 0.2) is 0 Å². The van der Waals surface area contributed by atoms with Gasteiger partial charge < -0.3 is 10.6 Å². The maximum atomic E-state index is 12.2. The van der Waals surface area contributed by atoms with Gasteiger partial charge >= 0.3 is 0 Å². The van der Waals surface area contributed by atoms with Gasteiger partial charge in [-0.25, -0.2) is 0 Å². The van der Waals surface area contributed by atoms with Crippen molar-refractivity contribution in [3.63, 3.8) is 0 Å². The van der Waals surface area contributed by atoms with Gasteiger partial charge in [0.05, 0.1) is 17.0 Å². The minimum atomic E-state index is -0.666. The van der Waals surface area contributed by atoms with Crippen molar-refractivity contribution < 1.29 is 14.5 Å². The number of non-ortho nitro benzene ring substituents is 1. The molecule has 0 saturated carbocycles. The van der Waals surface area contributed by atoms with Crippen molar-refractivity contribution in [3.05, 3.63) is 64.2 Å².